The topological polar surface area (TPSA) is 29.3 Å². The second kappa shape index (κ2) is 13.3. The molecule has 0 aliphatic rings. The molecule has 0 N–H and O–H groups in total. The molecule has 3 aromatic heterocycles. The van der Waals surface area contributed by atoms with E-state index in [1.165, 1.54) is 57.9 Å². The number of benzene rings is 9. The molecule has 9 aromatic carbocycles. The SMILES string of the molecule is c1ccc(-c2ccc(N(c3ccc(-c4ccc5c(c4)sc4ccc6nc(-c7ccc8ccccc8c7)sc6c45)cc3)c3ccc4c(c3)oc3ccccc34)cc2)cc1. The van der Waals surface area contributed by atoms with Gasteiger partial charge >= 0.3 is 0 Å². The molecule has 3 nitrogen and oxygen atoms in total. The first-order valence-corrected chi connectivity index (χ1v) is 21.1. The number of rotatable bonds is 6. The van der Waals surface area contributed by atoms with Crippen molar-refractivity contribution in [3.8, 4) is 32.8 Å². The van der Waals surface area contributed by atoms with Gasteiger partial charge in [-0.2, -0.15) is 0 Å². The van der Waals surface area contributed by atoms with Crippen LogP contribution in [0, 0.1) is 0 Å². The highest BCUT2D eigenvalue weighted by molar-refractivity contribution is 7.28. The predicted molar refractivity (Wildman–Crippen MR) is 248 cm³/mol. The molecule has 272 valence electrons. The molecule has 12 aromatic rings. The van der Waals surface area contributed by atoms with Crippen molar-refractivity contribution in [2.24, 2.45) is 0 Å². The van der Waals surface area contributed by atoms with Gasteiger partial charge in [0, 0.05) is 59.6 Å². The van der Waals surface area contributed by atoms with Crippen LogP contribution in [0.4, 0.5) is 17.1 Å². The van der Waals surface area contributed by atoms with Gasteiger partial charge in [0.2, 0.25) is 0 Å². The van der Waals surface area contributed by atoms with Crippen LogP contribution in [0.1, 0.15) is 0 Å². The van der Waals surface area contributed by atoms with E-state index in [0.717, 1.165) is 55.1 Å². The summed E-state index contributed by atoms with van der Waals surface area (Å²) in [5, 5.41) is 8.38. The molecule has 0 amide bonds. The Bertz CT molecular complexity index is 3510. The molecule has 58 heavy (non-hydrogen) atoms. The van der Waals surface area contributed by atoms with E-state index in [0.29, 0.717) is 0 Å². The quantitative estimate of drug-likeness (QED) is 0.168. The lowest BCUT2D eigenvalue weighted by Crippen LogP contribution is -2.09. The first-order valence-electron chi connectivity index (χ1n) is 19.4. The van der Waals surface area contributed by atoms with Crippen molar-refractivity contribution in [1.29, 1.82) is 0 Å². The van der Waals surface area contributed by atoms with Crippen molar-refractivity contribution < 1.29 is 4.42 Å². The van der Waals surface area contributed by atoms with Crippen LogP contribution in [0.25, 0.3) is 95.9 Å². The monoisotopic (exact) mass is 776 g/mol. The smallest absolute Gasteiger partial charge is 0.137 e. The van der Waals surface area contributed by atoms with E-state index in [1.807, 2.05) is 23.5 Å². The summed E-state index contributed by atoms with van der Waals surface area (Å²) >= 11 is 3.65. The van der Waals surface area contributed by atoms with Crippen molar-refractivity contribution in [3.05, 3.63) is 194 Å². The predicted octanol–water partition coefficient (Wildman–Crippen LogP) is 16.2. The normalized spacial score (nSPS) is 11.8. The van der Waals surface area contributed by atoms with Crippen LogP contribution in [-0.2, 0) is 0 Å². The first kappa shape index (κ1) is 33.1. The zero-order chi connectivity index (χ0) is 38.2. The Morgan fingerprint density at radius 2 is 1.03 bits per heavy atom. The van der Waals surface area contributed by atoms with Gasteiger partial charge in [-0.25, -0.2) is 4.98 Å². The average Bonchev–Trinajstić information content (AvgIpc) is 4.00. The van der Waals surface area contributed by atoms with Gasteiger partial charge in [-0.05, 0) is 99.8 Å². The summed E-state index contributed by atoms with van der Waals surface area (Å²) in [6.07, 6.45) is 0. The summed E-state index contributed by atoms with van der Waals surface area (Å²) in [4.78, 5) is 7.43. The maximum Gasteiger partial charge on any atom is 0.137 e. The number of fused-ring (bicyclic) bond motifs is 9. The molecule has 0 aliphatic heterocycles. The number of thiazole rings is 1. The Kier molecular flexibility index (Phi) is 7.58. The fourth-order valence-electron chi connectivity index (χ4n) is 8.41. The van der Waals surface area contributed by atoms with Crippen molar-refractivity contribution in [2.75, 3.05) is 4.90 Å². The van der Waals surface area contributed by atoms with Gasteiger partial charge in [0.25, 0.3) is 0 Å². The molecular formula is C53H32N2OS2. The highest BCUT2D eigenvalue weighted by atomic mass is 32.1. The van der Waals surface area contributed by atoms with E-state index in [2.05, 4.69) is 187 Å². The number of hydrogen-bond donors (Lipinski definition) is 0. The summed E-state index contributed by atoms with van der Waals surface area (Å²) in [6, 6.07) is 69.6. The highest BCUT2D eigenvalue weighted by Gasteiger charge is 2.18. The van der Waals surface area contributed by atoms with E-state index in [4.69, 9.17) is 9.40 Å². The minimum atomic E-state index is 0.873. The number of hydrogen-bond acceptors (Lipinski definition) is 5. The molecule has 0 radical (unpaired) electrons. The number of nitrogens with zero attached hydrogens (tertiary/aromatic N) is 2. The maximum absolute atomic E-state index is 6.36. The molecule has 0 fully saturated rings. The van der Waals surface area contributed by atoms with Gasteiger partial charge in [-0.15, -0.1) is 22.7 Å². The fraction of sp³-hybridized carbons (Fsp3) is 0. The fourth-order valence-corrected chi connectivity index (χ4v) is 10.7. The van der Waals surface area contributed by atoms with Crippen molar-refractivity contribution >= 4 is 103 Å². The van der Waals surface area contributed by atoms with Crippen molar-refractivity contribution in [2.45, 2.75) is 0 Å². The molecule has 0 saturated carbocycles. The summed E-state index contributed by atoms with van der Waals surface area (Å²) in [5.74, 6) is 0. The van der Waals surface area contributed by atoms with E-state index in [-0.39, 0.29) is 0 Å². The van der Waals surface area contributed by atoms with Crippen LogP contribution in [0.15, 0.2) is 199 Å². The summed E-state index contributed by atoms with van der Waals surface area (Å²) in [5.41, 5.74) is 11.9. The van der Waals surface area contributed by atoms with Crippen LogP contribution >= 0.6 is 22.7 Å². The molecule has 12 rings (SSSR count). The summed E-state index contributed by atoms with van der Waals surface area (Å²) in [6.45, 7) is 0. The number of furan rings is 1. The van der Waals surface area contributed by atoms with Crippen molar-refractivity contribution in [1.82, 2.24) is 4.98 Å². The Morgan fingerprint density at radius 3 is 1.86 bits per heavy atom. The largest absolute Gasteiger partial charge is 0.456 e. The van der Waals surface area contributed by atoms with Gasteiger partial charge in [0.1, 0.15) is 16.2 Å². The summed E-state index contributed by atoms with van der Waals surface area (Å²) in [7, 11) is 0. The Hall–Kier alpha value is -7.05. The van der Waals surface area contributed by atoms with E-state index in [1.54, 1.807) is 11.3 Å². The Balaban J connectivity index is 0.913. The zero-order valence-electron chi connectivity index (χ0n) is 31.1. The number of thiophene rings is 1. The van der Waals surface area contributed by atoms with Gasteiger partial charge in [0.05, 0.1) is 10.2 Å². The standard InChI is InChI=1S/C53H32N2OS2/c1-2-8-33(9-3-1)35-16-21-40(22-17-35)55(42-25-27-44-43-12-6-7-13-47(43)56-48(44)32-42)41-23-18-36(19-24-41)38-20-26-45-50(31-38)57-49-29-28-46-52(51(45)49)58-53(54-46)39-15-14-34-10-4-5-11-37(34)30-39/h1-32H. The number of anilines is 3. The number of aromatic nitrogens is 1. The average molecular weight is 777 g/mol. The second-order valence-corrected chi connectivity index (χ2v) is 16.8. The molecule has 0 bridgehead atoms. The lowest BCUT2D eigenvalue weighted by molar-refractivity contribution is 0.669. The van der Waals surface area contributed by atoms with Crippen molar-refractivity contribution in [3.63, 3.8) is 0 Å². The maximum atomic E-state index is 6.36. The molecule has 3 heterocycles. The second-order valence-electron chi connectivity index (χ2n) is 14.8. The van der Waals surface area contributed by atoms with Gasteiger partial charge in [-0.1, -0.05) is 121 Å². The lowest BCUT2D eigenvalue weighted by atomic mass is 10.0. The third kappa shape index (κ3) is 5.51. The molecule has 0 saturated heterocycles. The molecular weight excluding hydrogens is 745 g/mol. The zero-order valence-corrected chi connectivity index (χ0v) is 32.7. The molecule has 0 atom stereocenters. The van der Waals surface area contributed by atoms with E-state index >= 15 is 0 Å². The number of para-hydroxylation sites is 1. The van der Waals surface area contributed by atoms with Crippen LogP contribution in [0.2, 0.25) is 0 Å². The van der Waals surface area contributed by atoms with Crippen LogP contribution in [0.5, 0.6) is 0 Å². The Labute approximate surface area is 342 Å². The lowest BCUT2D eigenvalue weighted by Gasteiger charge is -2.26. The minimum absolute atomic E-state index is 0.873. The van der Waals surface area contributed by atoms with Gasteiger partial charge < -0.3 is 9.32 Å². The molecule has 0 unspecified atom stereocenters. The van der Waals surface area contributed by atoms with Gasteiger partial charge in [-0.3, -0.25) is 0 Å². The Morgan fingerprint density at radius 1 is 0.397 bits per heavy atom. The summed E-state index contributed by atoms with van der Waals surface area (Å²) < 4.78 is 10.2. The molecule has 5 heteroatoms. The van der Waals surface area contributed by atoms with Crippen LogP contribution in [0.3, 0.4) is 0 Å². The third-order valence-electron chi connectivity index (χ3n) is 11.3. The minimum Gasteiger partial charge on any atom is -0.456 e. The molecule has 0 aliphatic carbocycles. The van der Waals surface area contributed by atoms with Crippen LogP contribution < -0.4 is 4.90 Å². The van der Waals surface area contributed by atoms with E-state index < -0.39 is 0 Å². The third-order valence-corrected chi connectivity index (χ3v) is 13.6. The first-order chi connectivity index (χ1) is 28.7. The van der Waals surface area contributed by atoms with Gasteiger partial charge in [0.15, 0.2) is 0 Å². The molecule has 0 spiro atoms. The highest BCUT2D eigenvalue weighted by Crippen LogP contribution is 2.45. The van der Waals surface area contributed by atoms with Crippen LogP contribution in [-0.4, -0.2) is 4.98 Å². The van der Waals surface area contributed by atoms with E-state index in [9.17, 15) is 0 Å².